The quantitative estimate of drug-likeness (QED) is 0.708. The van der Waals surface area contributed by atoms with Gasteiger partial charge in [0.2, 0.25) is 5.91 Å². The topological polar surface area (TPSA) is 75.4 Å². The highest BCUT2D eigenvalue weighted by molar-refractivity contribution is 6.00. The third kappa shape index (κ3) is 1.63. The molecule has 1 saturated heterocycles. The van der Waals surface area contributed by atoms with E-state index in [2.05, 4.69) is 5.32 Å². The smallest absolute Gasteiger partial charge is 0.254 e. The monoisotopic (exact) mass is 245 g/mol. The molecular weight excluding hydrogens is 230 g/mol. The summed E-state index contributed by atoms with van der Waals surface area (Å²) in [5, 5.41) is 2.81. The molecule has 0 aromatic heterocycles. The summed E-state index contributed by atoms with van der Waals surface area (Å²) in [7, 11) is 0. The molecule has 0 saturated carbocycles. The van der Waals surface area contributed by atoms with Crippen LogP contribution < -0.4 is 11.1 Å². The zero-order valence-electron chi connectivity index (χ0n) is 9.98. The van der Waals surface area contributed by atoms with E-state index in [9.17, 15) is 9.59 Å². The van der Waals surface area contributed by atoms with Crippen LogP contribution in [0.5, 0.6) is 0 Å². The Morgan fingerprint density at radius 1 is 1.33 bits per heavy atom. The van der Waals surface area contributed by atoms with Crippen molar-refractivity contribution >= 4 is 17.5 Å². The minimum Gasteiger partial charge on any atom is -0.398 e. The third-order valence-corrected chi connectivity index (χ3v) is 3.71. The van der Waals surface area contributed by atoms with Crippen LogP contribution in [-0.2, 0) is 11.3 Å². The fourth-order valence-electron chi connectivity index (χ4n) is 2.66. The lowest BCUT2D eigenvalue weighted by atomic mass is 10.1. The summed E-state index contributed by atoms with van der Waals surface area (Å²) < 4.78 is 0. The zero-order chi connectivity index (χ0) is 12.7. The Balaban J connectivity index is 1.84. The number of piperidine rings is 1. The number of carbonyl (C=O) groups is 2. The predicted octanol–water partition coefficient (Wildman–Crippen LogP) is 0.503. The van der Waals surface area contributed by atoms with Crippen LogP contribution in [0.4, 0.5) is 5.69 Å². The predicted molar refractivity (Wildman–Crippen MR) is 66.8 cm³/mol. The van der Waals surface area contributed by atoms with Crippen LogP contribution in [-0.4, -0.2) is 29.3 Å². The van der Waals surface area contributed by atoms with Crippen LogP contribution in [0.15, 0.2) is 18.2 Å². The molecule has 1 aromatic rings. The molecule has 18 heavy (non-hydrogen) atoms. The van der Waals surface area contributed by atoms with Crippen molar-refractivity contribution in [3.63, 3.8) is 0 Å². The van der Waals surface area contributed by atoms with Gasteiger partial charge in [-0.15, -0.1) is 0 Å². The first-order valence-corrected chi connectivity index (χ1v) is 6.12. The number of fused-ring (bicyclic) bond motifs is 1. The lowest BCUT2D eigenvalue weighted by Gasteiger charge is -2.31. The number of nitrogens with one attached hydrogen (secondary N) is 1. The third-order valence-electron chi connectivity index (χ3n) is 3.71. The van der Waals surface area contributed by atoms with E-state index in [0.717, 1.165) is 12.0 Å². The maximum atomic E-state index is 12.3. The first-order chi connectivity index (χ1) is 8.66. The zero-order valence-corrected chi connectivity index (χ0v) is 9.98. The van der Waals surface area contributed by atoms with E-state index in [1.54, 1.807) is 6.07 Å². The maximum Gasteiger partial charge on any atom is 0.254 e. The average molecular weight is 245 g/mol. The van der Waals surface area contributed by atoms with E-state index in [-0.39, 0.29) is 17.9 Å². The Bertz CT molecular complexity index is 517. The SMILES string of the molecule is Nc1cccc2c1CN([C@H]1CCC(=O)NC1)C2=O. The van der Waals surface area contributed by atoms with E-state index in [1.807, 2.05) is 17.0 Å². The molecule has 3 rings (SSSR count). The molecular formula is C13H15N3O2. The van der Waals surface area contributed by atoms with Gasteiger partial charge in [-0.1, -0.05) is 6.07 Å². The molecule has 0 unspecified atom stereocenters. The second kappa shape index (κ2) is 4.01. The second-order valence-corrected chi connectivity index (χ2v) is 4.80. The Labute approximate surface area is 105 Å². The summed E-state index contributed by atoms with van der Waals surface area (Å²) in [5.74, 6) is 0.0911. The van der Waals surface area contributed by atoms with Crippen LogP contribution >= 0.6 is 0 Å². The van der Waals surface area contributed by atoms with Crippen LogP contribution in [0, 0.1) is 0 Å². The van der Waals surface area contributed by atoms with Crippen molar-refractivity contribution in [3.05, 3.63) is 29.3 Å². The number of nitrogens with two attached hydrogens (primary N) is 1. The van der Waals surface area contributed by atoms with E-state index >= 15 is 0 Å². The van der Waals surface area contributed by atoms with Gasteiger partial charge >= 0.3 is 0 Å². The molecule has 3 N–H and O–H groups in total. The van der Waals surface area contributed by atoms with E-state index < -0.39 is 0 Å². The number of carbonyl (C=O) groups excluding carboxylic acids is 2. The Hall–Kier alpha value is -2.04. The number of hydrogen-bond acceptors (Lipinski definition) is 3. The summed E-state index contributed by atoms with van der Waals surface area (Å²) in [6, 6.07) is 5.52. The number of amides is 2. The van der Waals surface area contributed by atoms with Gasteiger partial charge in [0.15, 0.2) is 0 Å². The highest BCUT2D eigenvalue weighted by Crippen LogP contribution is 2.30. The van der Waals surface area contributed by atoms with E-state index in [4.69, 9.17) is 5.73 Å². The van der Waals surface area contributed by atoms with Gasteiger partial charge in [-0.25, -0.2) is 0 Å². The van der Waals surface area contributed by atoms with Crippen LogP contribution in [0.1, 0.15) is 28.8 Å². The highest BCUT2D eigenvalue weighted by atomic mass is 16.2. The molecule has 0 aliphatic carbocycles. The van der Waals surface area contributed by atoms with Gasteiger partial charge in [-0.05, 0) is 18.6 Å². The summed E-state index contributed by atoms with van der Waals surface area (Å²) in [5.41, 5.74) is 8.19. The normalized spacial score (nSPS) is 22.9. The van der Waals surface area contributed by atoms with Crippen molar-refractivity contribution in [1.82, 2.24) is 10.2 Å². The maximum absolute atomic E-state index is 12.3. The van der Waals surface area contributed by atoms with Gasteiger partial charge in [0.25, 0.3) is 5.91 Å². The van der Waals surface area contributed by atoms with Gasteiger partial charge in [-0.2, -0.15) is 0 Å². The van der Waals surface area contributed by atoms with Crippen molar-refractivity contribution in [1.29, 1.82) is 0 Å². The summed E-state index contributed by atoms with van der Waals surface area (Å²) in [6.45, 7) is 1.10. The first-order valence-electron chi connectivity index (χ1n) is 6.12. The van der Waals surface area contributed by atoms with Gasteiger partial charge in [0, 0.05) is 36.3 Å². The molecule has 5 heteroatoms. The largest absolute Gasteiger partial charge is 0.398 e. The fourth-order valence-corrected chi connectivity index (χ4v) is 2.66. The van der Waals surface area contributed by atoms with Crippen LogP contribution in [0.3, 0.4) is 0 Å². The van der Waals surface area contributed by atoms with Crippen LogP contribution in [0.2, 0.25) is 0 Å². The lowest BCUT2D eigenvalue weighted by Crippen LogP contribution is -2.48. The van der Waals surface area contributed by atoms with Crippen LogP contribution in [0.25, 0.3) is 0 Å². The number of nitrogen functional groups attached to an aromatic ring is 1. The number of rotatable bonds is 1. The lowest BCUT2D eigenvalue weighted by molar-refractivity contribution is -0.123. The van der Waals surface area contributed by atoms with Crippen molar-refractivity contribution in [3.8, 4) is 0 Å². The van der Waals surface area contributed by atoms with E-state index in [0.29, 0.717) is 30.8 Å². The highest BCUT2D eigenvalue weighted by Gasteiger charge is 2.35. The Morgan fingerprint density at radius 2 is 2.17 bits per heavy atom. The van der Waals surface area contributed by atoms with Crippen molar-refractivity contribution < 1.29 is 9.59 Å². The molecule has 2 heterocycles. The first kappa shape index (κ1) is 11.1. The fraction of sp³-hybridized carbons (Fsp3) is 0.385. The molecule has 0 spiro atoms. The molecule has 0 bridgehead atoms. The Morgan fingerprint density at radius 3 is 2.83 bits per heavy atom. The molecule has 1 fully saturated rings. The van der Waals surface area contributed by atoms with Gasteiger partial charge in [-0.3, -0.25) is 9.59 Å². The second-order valence-electron chi connectivity index (χ2n) is 4.80. The molecule has 1 atom stereocenters. The standard InChI is InChI=1S/C13H15N3O2/c14-11-3-1-2-9-10(11)7-16(13(9)18)8-4-5-12(17)15-6-8/h1-3,8H,4-7,14H2,(H,15,17)/t8-/m0/s1. The van der Waals surface area contributed by atoms with Gasteiger partial charge < -0.3 is 16.0 Å². The molecule has 94 valence electrons. The van der Waals surface area contributed by atoms with E-state index in [1.165, 1.54) is 0 Å². The van der Waals surface area contributed by atoms with Gasteiger partial charge in [0.05, 0.1) is 6.04 Å². The van der Waals surface area contributed by atoms with Crippen molar-refractivity contribution in [2.45, 2.75) is 25.4 Å². The van der Waals surface area contributed by atoms with Crippen molar-refractivity contribution in [2.75, 3.05) is 12.3 Å². The minimum atomic E-state index is 0.0263. The minimum absolute atomic E-state index is 0.0263. The molecule has 2 aliphatic rings. The molecule has 2 aliphatic heterocycles. The number of benzene rings is 1. The Kier molecular flexibility index (Phi) is 2.47. The number of anilines is 1. The summed E-state index contributed by atoms with van der Waals surface area (Å²) in [4.78, 5) is 25.3. The molecule has 1 aromatic carbocycles. The van der Waals surface area contributed by atoms with Gasteiger partial charge in [0.1, 0.15) is 0 Å². The summed E-state index contributed by atoms with van der Waals surface area (Å²) >= 11 is 0. The summed E-state index contributed by atoms with van der Waals surface area (Å²) in [6.07, 6.45) is 1.21. The number of nitrogens with zero attached hydrogens (tertiary/aromatic N) is 1. The average Bonchev–Trinajstić information content (AvgIpc) is 2.70. The van der Waals surface area contributed by atoms with Crippen molar-refractivity contribution in [2.24, 2.45) is 0 Å². The molecule has 0 radical (unpaired) electrons. The molecule has 2 amide bonds. The number of hydrogen-bond donors (Lipinski definition) is 2. The molecule has 5 nitrogen and oxygen atoms in total.